The largest absolute Gasteiger partial charge is 0.349 e. The summed E-state index contributed by atoms with van der Waals surface area (Å²) in [7, 11) is -0.890. The van der Waals surface area contributed by atoms with Crippen molar-refractivity contribution in [2.24, 2.45) is 0 Å². The van der Waals surface area contributed by atoms with Crippen LogP contribution in [-0.4, -0.2) is 44.8 Å². The molecule has 18 heavy (non-hydrogen) atoms. The fourth-order valence-electron chi connectivity index (χ4n) is 1.15. The molecule has 0 fully saturated rings. The Morgan fingerprint density at radius 3 is 2.72 bits per heavy atom. The first-order valence-corrected chi connectivity index (χ1v) is 6.63. The minimum absolute atomic E-state index is 0.000677. The van der Waals surface area contributed by atoms with E-state index < -0.39 is 20.9 Å². The molecule has 0 unspecified atom stereocenters. The number of aromatic nitrogens is 1. The number of nitrogens with zero attached hydrogens (tertiary/aromatic N) is 2. The highest BCUT2D eigenvalue weighted by Gasteiger charge is 2.20. The van der Waals surface area contributed by atoms with E-state index in [1.807, 2.05) is 0 Å². The van der Waals surface area contributed by atoms with Gasteiger partial charge in [-0.25, -0.2) is 22.5 Å². The Balaban J connectivity index is 2.67. The summed E-state index contributed by atoms with van der Waals surface area (Å²) in [6.07, 6.45) is 1.18. The van der Waals surface area contributed by atoms with Gasteiger partial charge in [0.25, 0.3) is 10.0 Å². The van der Waals surface area contributed by atoms with E-state index in [1.54, 1.807) is 14.1 Å². The summed E-state index contributed by atoms with van der Waals surface area (Å²) >= 11 is 0. The first-order chi connectivity index (χ1) is 8.34. The molecule has 0 bridgehead atoms. The maximum absolute atomic E-state index is 13.2. The van der Waals surface area contributed by atoms with Crippen LogP contribution < -0.4 is 4.72 Å². The third-order valence-corrected chi connectivity index (χ3v) is 3.50. The molecule has 1 amide bonds. The molecule has 0 aromatic carbocycles. The molecule has 0 aliphatic rings. The predicted octanol–water partition coefficient (Wildman–Crippen LogP) is -0.0227. The molecule has 1 rings (SSSR count). The van der Waals surface area contributed by atoms with E-state index in [0.29, 0.717) is 0 Å². The van der Waals surface area contributed by atoms with Crippen molar-refractivity contribution in [3.05, 3.63) is 24.1 Å². The van der Waals surface area contributed by atoms with Crippen molar-refractivity contribution in [3.63, 3.8) is 0 Å². The zero-order chi connectivity index (χ0) is 13.8. The van der Waals surface area contributed by atoms with E-state index in [9.17, 15) is 17.6 Å². The highest BCUT2D eigenvalue weighted by atomic mass is 32.2. The highest BCUT2D eigenvalue weighted by molar-refractivity contribution is 7.89. The second-order valence-electron chi connectivity index (χ2n) is 3.73. The Morgan fingerprint density at radius 2 is 2.17 bits per heavy atom. The van der Waals surface area contributed by atoms with Gasteiger partial charge in [-0.3, -0.25) is 4.79 Å². The van der Waals surface area contributed by atoms with Gasteiger partial charge in [0.15, 0.2) is 5.82 Å². The molecule has 1 heterocycles. The zero-order valence-corrected chi connectivity index (χ0v) is 10.9. The molecule has 0 saturated carbocycles. The van der Waals surface area contributed by atoms with Gasteiger partial charge in [-0.15, -0.1) is 0 Å². The van der Waals surface area contributed by atoms with Crippen LogP contribution in [0.15, 0.2) is 23.4 Å². The summed E-state index contributed by atoms with van der Waals surface area (Å²) in [5, 5.41) is -0.665. The van der Waals surface area contributed by atoms with Gasteiger partial charge >= 0.3 is 0 Å². The zero-order valence-electron chi connectivity index (χ0n) is 10.1. The minimum atomic E-state index is -4.02. The van der Waals surface area contributed by atoms with Crippen molar-refractivity contribution in [1.29, 1.82) is 0 Å². The standard InChI is InChI=1S/C10H14FN3O3S/c1-14(2)9(15)5-7-13-18(16,17)10-8(11)4-3-6-12-10/h3-4,6,13H,5,7H2,1-2H3. The summed E-state index contributed by atoms with van der Waals surface area (Å²) < 4.78 is 38.7. The number of amides is 1. The second kappa shape index (κ2) is 5.87. The molecule has 1 N–H and O–H groups in total. The molecule has 0 aliphatic heterocycles. The number of sulfonamides is 1. The predicted molar refractivity (Wildman–Crippen MR) is 62.7 cm³/mol. The van der Waals surface area contributed by atoms with Crippen molar-refractivity contribution < 1.29 is 17.6 Å². The number of rotatable bonds is 5. The molecule has 0 spiro atoms. The number of carbonyl (C=O) groups excluding carboxylic acids is 1. The quantitative estimate of drug-likeness (QED) is 0.819. The van der Waals surface area contributed by atoms with Crippen molar-refractivity contribution in [2.75, 3.05) is 20.6 Å². The lowest BCUT2D eigenvalue weighted by Crippen LogP contribution is -2.31. The van der Waals surface area contributed by atoms with Crippen LogP contribution >= 0.6 is 0 Å². The van der Waals surface area contributed by atoms with Crippen LogP contribution in [0.25, 0.3) is 0 Å². The fourth-order valence-corrected chi connectivity index (χ4v) is 2.19. The smallest absolute Gasteiger partial charge is 0.261 e. The Hall–Kier alpha value is -1.54. The number of carbonyl (C=O) groups is 1. The molecule has 6 nitrogen and oxygen atoms in total. The van der Waals surface area contributed by atoms with Gasteiger partial charge in [-0.2, -0.15) is 0 Å². The average Bonchev–Trinajstić information content (AvgIpc) is 2.28. The maximum atomic E-state index is 13.2. The van der Waals surface area contributed by atoms with Crippen molar-refractivity contribution in [2.45, 2.75) is 11.4 Å². The second-order valence-corrected chi connectivity index (χ2v) is 5.41. The lowest BCUT2D eigenvalue weighted by atomic mass is 10.4. The van der Waals surface area contributed by atoms with Gasteiger partial charge < -0.3 is 4.90 Å². The molecule has 0 saturated heterocycles. The van der Waals surface area contributed by atoms with E-state index in [-0.39, 0.29) is 18.9 Å². The number of halogens is 1. The SMILES string of the molecule is CN(C)C(=O)CCNS(=O)(=O)c1ncccc1F. The molecule has 0 atom stereocenters. The normalized spacial score (nSPS) is 11.3. The summed E-state index contributed by atoms with van der Waals surface area (Å²) in [6, 6.07) is 2.30. The van der Waals surface area contributed by atoms with E-state index >= 15 is 0 Å². The third kappa shape index (κ3) is 3.74. The van der Waals surface area contributed by atoms with E-state index in [0.717, 1.165) is 6.07 Å². The van der Waals surface area contributed by atoms with E-state index in [4.69, 9.17) is 0 Å². The monoisotopic (exact) mass is 275 g/mol. The molecule has 0 radical (unpaired) electrons. The topological polar surface area (TPSA) is 79.4 Å². The van der Waals surface area contributed by atoms with Crippen LogP contribution in [0, 0.1) is 5.82 Å². The van der Waals surface area contributed by atoms with E-state index in [1.165, 1.54) is 17.2 Å². The van der Waals surface area contributed by atoms with E-state index in [2.05, 4.69) is 9.71 Å². The van der Waals surface area contributed by atoms with Crippen molar-refractivity contribution >= 4 is 15.9 Å². The molecule has 0 aliphatic carbocycles. The maximum Gasteiger partial charge on any atom is 0.261 e. The fraction of sp³-hybridized carbons (Fsp3) is 0.400. The van der Waals surface area contributed by atoms with Gasteiger partial charge in [0, 0.05) is 33.3 Å². The highest BCUT2D eigenvalue weighted by Crippen LogP contribution is 2.09. The first-order valence-electron chi connectivity index (χ1n) is 5.15. The van der Waals surface area contributed by atoms with Crippen LogP contribution in [0.2, 0.25) is 0 Å². The van der Waals surface area contributed by atoms with Crippen LogP contribution in [0.3, 0.4) is 0 Å². The van der Waals surface area contributed by atoms with Crippen LogP contribution in [0.1, 0.15) is 6.42 Å². The lowest BCUT2D eigenvalue weighted by molar-refractivity contribution is -0.128. The Labute approximate surface area is 105 Å². The van der Waals surface area contributed by atoms with Gasteiger partial charge in [0.05, 0.1) is 0 Å². The van der Waals surface area contributed by atoms with Crippen molar-refractivity contribution in [1.82, 2.24) is 14.6 Å². The molecule has 1 aromatic heterocycles. The summed E-state index contributed by atoms with van der Waals surface area (Å²) in [4.78, 5) is 16.0. The Bertz CT molecular complexity index is 531. The first kappa shape index (κ1) is 14.5. The molecular weight excluding hydrogens is 261 g/mol. The third-order valence-electron chi connectivity index (χ3n) is 2.11. The number of pyridine rings is 1. The van der Waals surface area contributed by atoms with Crippen LogP contribution in [0.5, 0.6) is 0 Å². The van der Waals surface area contributed by atoms with Crippen molar-refractivity contribution in [3.8, 4) is 0 Å². The van der Waals surface area contributed by atoms with Crippen LogP contribution in [0.4, 0.5) is 4.39 Å². The molecule has 100 valence electrons. The molecule has 1 aromatic rings. The minimum Gasteiger partial charge on any atom is -0.349 e. The lowest BCUT2D eigenvalue weighted by Gasteiger charge is -2.10. The molecule has 8 heteroatoms. The summed E-state index contributed by atoms with van der Waals surface area (Å²) in [5.41, 5.74) is 0. The van der Waals surface area contributed by atoms with Crippen LogP contribution in [-0.2, 0) is 14.8 Å². The summed E-state index contributed by atoms with van der Waals surface area (Å²) in [6.45, 7) is -0.102. The number of nitrogens with one attached hydrogen (secondary N) is 1. The van der Waals surface area contributed by atoms with Gasteiger partial charge in [-0.05, 0) is 12.1 Å². The number of hydrogen-bond acceptors (Lipinski definition) is 4. The van der Waals surface area contributed by atoms with Gasteiger partial charge in [-0.1, -0.05) is 0 Å². The summed E-state index contributed by atoms with van der Waals surface area (Å²) in [5.74, 6) is -1.15. The molecular formula is C10H14FN3O3S. The average molecular weight is 275 g/mol. The van der Waals surface area contributed by atoms with Gasteiger partial charge in [0.2, 0.25) is 10.9 Å². The van der Waals surface area contributed by atoms with Gasteiger partial charge in [0.1, 0.15) is 0 Å². The Kier molecular flexibility index (Phi) is 4.74. The number of hydrogen-bond donors (Lipinski definition) is 1. The Morgan fingerprint density at radius 1 is 1.50 bits per heavy atom.